The van der Waals surface area contributed by atoms with Gasteiger partial charge in [-0.25, -0.2) is 0 Å². The molecule has 1 atom stereocenters. The number of hydrogen-bond donors (Lipinski definition) is 1. The van der Waals surface area contributed by atoms with E-state index in [0.717, 1.165) is 12.5 Å². The molecule has 1 nitrogen and oxygen atoms in total. The fraction of sp³-hybridized carbons (Fsp3) is 0.692. The third-order valence-corrected chi connectivity index (χ3v) is 5.16. The van der Waals surface area contributed by atoms with E-state index in [-0.39, 0.29) is 0 Å². The molecule has 0 saturated heterocycles. The molecule has 1 unspecified atom stereocenters. The molecule has 0 aromatic carbocycles. The van der Waals surface area contributed by atoms with E-state index in [1.54, 1.807) is 11.3 Å². The van der Waals surface area contributed by atoms with Crippen molar-refractivity contribution < 1.29 is 0 Å². The van der Waals surface area contributed by atoms with Crippen molar-refractivity contribution in [3.63, 3.8) is 0 Å². The summed E-state index contributed by atoms with van der Waals surface area (Å²) in [6, 6.07) is 2.88. The van der Waals surface area contributed by atoms with Gasteiger partial charge in [-0.1, -0.05) is 19.3 Å². The highest BCUT2D eigenvalue weighted by atomic mass is 79.9. The lowest BCUT2D eigenvalue weighted by atomic mass is 9.84. The van der Waals surface area contributed by atoms with Crippen LogP contribution in [-0.2, 0) is 6.54 Å². The van der Waals surface area contributed by atoms with Crippen LogP contribution in [0.2, 0.25) is 0 Å². The number of hydrogen-bond acceptors (Lipinski definition) is 2. The lowest BCUT2D eigenvalue weighted by molar-refractivity contribution is 0.280. The third-order valence-electron chi connectivity index (χ3n) is 3.61. The van der Waals surface area contributed by atoms with Gasteiger partial charge in [0.05, 0.1) is 3.79 Å². The Bertz CT molecular complexity index is 317. The second kappa shape index (κ2) is 6.18. The van der Waals surface area contributed by atoms with E-state index in [0.29, 0.717) is 6.04 Å². The van der Waals surface area contributed by atoms with Gasteiger partial charge in [0.1, 0.15) is 0 Å². The predicted octanol–water partition coefficient (Wildman–Crippen LogP) is 4.57. The summed E-state index contributed by atoms with van der Waals surface area (Å²) in [7, 11) is 0. The van der Waals surface area contributed by atoms with Crippen LogP contribution in [0.5, 0.6) is 0 Å². The van der Waals surface area contributed by atoms with Crippen LogP contribution in [0.15, 0.2) is 15.2 Å². The fourth-order valence-corrected chi connectivity index (χ4v) is 3.73. The standard InChI is InChI=1S/C13H20BrNS/c1-10(12-5-3-2-4-6-12)15-8-11-7-13(14)16-9-11/h7,9-10,12,15H,2-6,8H2,1H3. The molecule has 90 valence electrons. The molecule has 1 aliphatic rings. The Morgan fingerprint density at radius 2 is 2.19 bits per heavy atom. The molecule has 1 fully saturated rings. The smallest absolute Gasteiger partial charge is 0.0701 e. The number of rotatable bonds is 4. The summed E-state index contributed by atoms with van der Waals surface area (Å²) >= 11 is 5.27. The maximum atomic E-state index is 3.67. The van der Waals surface area contributed by atoms with Crippen LogP contribution in [0.25, 0.3) is 0 Å². The Balaban J connectivity index is 1.76. The van der Waals surface area contributed by atoms with Crippen LogP contribution in [0.4, 0.5) is 0 Å². The summed E-state index contributed by atoms with van der Waals surface area (Å²) < 4.78 is 1.23. The lowest BCUT2D eigenvalue weighted by Gasteiger charge is -2.28. The van der Waals surface area contributed by atoms with Crippen LogP contribution in [-0.4, -0.2) is 6.04 Å². The van der Waals surface area contributed by atoms with Crippen molar-refractivity contribution in [3.8, 4) is 0 Å². The summed E-state index contributed by atoms with van der Waals surface area (Å²) in [6.45, 7) is 3.36. The molecule has 0 amide bonds. The molecule has 1 saturated carbocycles. The first kappa shape index (κ1) is 12.6. The van der Waals surface area contributed by atoms with Crippen molar-refractivity contribution in [2.75, 3.05) is 0 Å². The molecular formula is C13H20BrNS. The highest BCUT2D eigenvalue weighted by Gasteiger charge is 2.19. The van der Waals surface area contributed by atoms with Gasteiger partial charge < -0.3 is 5.32 Å². The van der Waals surface area contributed by atoms with E-state index < -0.39 is 0 Å². The van der Waals surface area contributed by atoms with Gasteiger partial charge >= 0.3 is 0 Å². The Hall–Kier alpha value is 0.140. The van der Waals surface area contributed by atoms with Gasteiger partial charge in [0, 0.05) is 12.6 Å². The first-order chi connectivity index (χ1) is 7.75. The van der Waals surface area contributed by atoms with Gasteiger partial charge in [-0.05, 0) is 58.6 Å². The van der Waals surface area contributed by atoms with E-state index in [1.165, 1.54) is 41.5 Å². The summed E-state index contributed by atoms with van der Waals surface area (Å²) in [5.41, 5.74) is 1.40. The van der Waals surface area contributed by atoms with Crippen molar-refractivity contribution >= 4 is 27.3 Å². The fourth-order valence-electron chi connectivity index (χ4n) is 2.52. The zero-order chi connectivity index (χ0) is 11.4. The van der Waals surface area contributed by atoms with E-state index in [1.807, 2.05) is 0 Å². The van der Waals surface area contributed by atoms with Crippen LogP contribution in [0.3, 0.4) is 0 Å². The first-order valence-corrected chi connectivity index (χ1v) is 7.89. The average Bonchev–Trinajstić information content (AvgIpc) is 2.73. The van der Waals surface area contributed by atoms with Crippen molar-refractivity contribution in [2.45, 2.75) is 51.6 Å². The number of halogens is 1. The zero-order valence-electron chi connectivity index (χ0n) is 9.84. The van der Waals surface area contributed by atoms with Crippen molar-refractivity contribution in [2.24, 2.45) is 5.92 Å². The SMILES string of the molecule is CC(NCc1csc(Br)c1)C1CCCCC1. The normalized spacial score (nSPS) is 19.9. The largest absolute Gasteiger partial charge is 0.310 e. The molecule has 3 heteroatoms. The molecule has 0 aliphatic heterocycles. The summed E-state index contributed by atoms with van der Waals surface area (Å²) in [4.78, 5) is 0. The monoisotopic (exact) mass is 301 g/mol. The number of nitrogens with one attached hydrogen (secondary N) is 1. The molecule has 1 N–H and O–H groups in total. The molecule has 16 heavy (non-hydrogen) atoms. The van der Waals surface area contributed by atoms with E-state index in [4.69, 9.17) is 0 Å². The predicted molar refractivity (Wildman–Crippen MR) is 74.9 cm³/mol. The second-order valence-electron chi connectivity index (χ2n) is 4.83. The van der Waals surface area contributed by atoms with Crippen LogP contribution < -0.4 is 5.32 Å². The van der Waals surface area contributed by atoms with Crippen LogP contribution in [0, 0.1) is 5.92 Å². The van der Waals surface area contributed by atoms with Crippen molar-refractivity contribution in [1.82, 2.24) is 5.32 Å². The number of thiophene rings is 1. The quantitative estimate of drug-likeness (QED) is 0.859. The minimum Gasteiger partial charge on any atom is -0.310 e. The van der Waals surface area contributed by atoms with Crippen molar-refractivity contribution in [3.05, 3.63) is 20.8 Å². The molecule has 1 aromatic heterocycles. The van der Waals surface area contributed by atoms with Crippen LogP contribution in [0.1, 0.15) is 44.6 Å². The maximum absolute atomic E-state index is 3.67. The van der Waals surface area contributed by atoms with Gasteiger partial charge in [0.15, 0.2) is 0 Å². The molecule has 1 heterocycles. The van der Waals surface area contributed by atoms with E-state index in [2.05, 4.69) is 39.6 Å². The van der Waals surface area contributed by atoms with E-state index in [9.17, 15) is 0 Å². The van der Waals surface area contributed by atoms with Crippen LogP contribution >= 0.6 is 27.3 Å². The Kier molecular flexibility index (Phi) is 4.86. The molecule has 2 rings (SSSR count). The highest BCUT2D eigenvalue weighted by molar-refractivity contribution is 9.11. The molecule has 1 aromatic rings. The third kappa shape index (κ3) is 3.57. The second-order valence-corrected chi connectivity index (χ2v) is 7.12. The summed E-state index contributed by atoms with van der Waals surface area (Å²) in [5.74, 6) is 0.899. The Labute approximate surface area is 111 Å². The highest BCUT2D eigenvalue weighted by Crippen LogP contribution is 2.27. The lowest BCUT2D eigenvalue weighted by Crippen LogP contribution is -2.34. The van der Waals surface area contributed by atoms with Gasteiger partial charge in [0.2, 0.25) is 0 Å². The molecule has 1 aliphatic carbocycles. The summed E-state index contributed by atoms with van der Waals surface area (Å²) in [6.07, 6.45) is 7.14. The summed E-state index contributed by atoms with van der Waals surface area (Å²) in [5, 5.41) is 5.89. The maximum Gasteiger partial charge on any atom is 0.0701 e. The average molecular weight is 302 g/mol. The molecule has 0 spiro atoms. The Morgan fingerprint density at radius 3 is 2.81 bits per heavy atom. The minimum absolute atomic E-state index is 0.666. The van der Waals surface area contributed by atoms with Gasteiger partial charge in [0.25, 0.3) is 0 Å². The minimum atomic E-state index is 0.666. The molecular weight excluding hydrogens is 282 g/mol. The Morgan fingerprint density at radius 1 is 1.44 bits per heavy atom. The first-order valence-electron chi connectivity index (χ1n) is 6.22. The topological polar surface area (TPSA) is 12.0 Å². The van der Waals surface area contributed by atoms with Gasteiger partial charge in [-0.15, -0.1) is 11.3 Å². The van der Waals surface area contributed by atoms with Crippen molar-refractivity contribution in [1.29, 1.82) is 0 Å². The molecule has 0 bridgehead atoms. The van der Waals surface area contributed by atoms with Gasteiger partial charge in [-0.2, -0.15) is 0 Å². The zero-order valence-corrected chi connectivity index (χ0v) is 12.2. The van der Waals surface area contributed by atoms with Gasteiger partial charge in [-0.3, -0.25) is 0 Å². The van der Waals surface area contributed by atoms with E-state index >= 15 is 0 Å². The molecule has 0 radical (unpaired) electrons.